The topological polar surface area (TPSA) is 162 Å². The molecular formula is C18H20FNO10P2. The smallest absolute Gasteiger partial charge is 0.431 e. The fourth-order valence-electron chi connectivity index (χ4n) is 2.79. The largest absolute Gasteiger partial charge is 0.514 e. The predicted molar refractivity (Wildman–Crippen MR) is 106 cm³/mol. The van der Waals surface area contributed by atoms with E-state index in [0.29, 0.717) is 0 Å². The maximum atomic E-state index is 13.7. The lowest BCUT2D eigenvalue weighted by Gasteiger charge is -2.41. The van der Waals surface area contributed by atoms with E-state index < -0.39 is 56.8 Å². The highest BCUT2D eigenvalue weighted by Crippen LogP contribution is 2.79. The van der Waals surface area contributed by atoms with E-state index in [0.717, 1.165) is 18.2 Å². The number of ether oxygens (including phenoxy) is 2. The van der Waals surface area contributed by atoms with Crippen LogP contribution in [0, 0.1) is 5.82 Å². The van der Waals surface area contributed by atoms with Crippen molar-refractivity contribution >= 4 is 21.3 Å². The van der Waals surface area contributed by atoms with Crippen LogP contribution in [-0.2, 0) is 29.3 Å². The lowest BCUT2D eigenvalue weighted by atomic mass is 10.2. The van der Waals surface area contributed by atoms with E-state index >= 15 is 0 Å². The molecule has 1 fully saturated rings. The quantitative estimate of drug-likeness (QED) is 0.319. The molecule has 0 aliphatic carbocycles. The van der Waals surface area contributed by atoms with Gasteiger partial charge in [-0.1, -0.05) is 6.07 Å². The van der Waals surface area contributed by atoms with Gasteiger partial charge < -0.3 is 24.4 Å². The summed E-state index contributed by atoms with van der Waals surface area (Å²) in [6, 6.07) is 5.43. The third kappa shape index (κ3) is 4.92. The Kier molecular flexibility index (Phi) is 6.88. The molecule has 2 unspecified atom stereocenters. The Morgan fingerprint density at radius 1 is 1.25 bits per heavy atom. The molecule has 2 atom stereocenters. The number of hydrogen-bond donors (Lipinski definition) is 3. The maximum Gasteiger partial charge on any atom is 0.514 e. The molecule has 2 aromatic rings. The van der Waals surface area contributed by atoms with Crippen LogP contribution >= 0.6 is 15.2 Å². The third-order valence-electron chi connectivity index (χ3n) is 4.30. The van der Waals surface area contributed by atoms with Gasteiger partial charge in [-0.05, 0) is 37.6 Å². The molecule has 3 N–H and O–H groups in total. The zero-order valence-corrected chi connectivity index (χ0v) is 18.6. The Morgan fingerprint density at radius 3 is 2.47 bits per heavy atom. The molecular weight excluding hydrogens is 471 g/mol. The monoisotopic (exact) mass is 491 g/mol. The van der Waals surface area contributed by atoms with Crippen molar-refractivity contribution in [1.29, 1.82) is 0 Å². The lowest BCUT2D eigenvalue weighted by molar-refractivity contribution is -0.0589. The molecule has 0 spiro atoms. The first-order valence-corrected chi connectivity index (χ1v) is 12.3. The molecule has 14 heteroatoms. The second-order valence-electron chi connectivity index (χ2n) is 7.10. The van der Waals surface area contributed by atoms with Crippen molar-refractivity contribution < 1.29 is 51.7 Å². The van der Waals surface area contributed by atoms with E-state index in [4.69, 9.17) is 18.5 Å². The first kappa shape index (κ1) is 24.5. The first-order valence-electron chi connectivity index (χ1n) is 9.16. The van der Waals surface area contributed by atoms with Crippen LogP contribution in [0.1, 0.15) is 31.3 Å². The Bertz CT molecular complexity index is 1070. The standard InChI is InChI=1S/C18H20FNO10P2/c1-11(2)27-17(21)28-15-8-13(19)5-6-14(15)16-29-31(23,24)18(22,32(25,26)30-16)9-12-4-3-7-20-10-12/h3-8,10-11,16,22H,9H2,1-2H3,(H,23,24)(H,25,26). The van der Waals surface area contributed by atoms with Gasteiger partial charge in [-0.3, -0.25) is 23.2 Å². The molecule has 1 aromatic heterocycles. The zero-order valence-electron chi connectivity index (χ0n) is 16.8. The van der Waals surface area contributed by atoms with Crippen molar-refractivity contribution in [3.63, 3.8) is 0 Å². The highest BCUT2D eigenvalue weighted by atomic mass is 31.2. The first-order chi connectivity index (χ1) is 14.8. The SMILES string of the molecule is CC(C)OC(=O)Oc1cc(F)ccc1C1OP(=O)(O)C(O)(Cc2cccnc2)P(=O)(O)O1. The molecule has 11 nitrogen and oxygen atoms in total. The van der Waals surface area contributed by atoms with Gasteiger partial charge in [0.1, 0.15) is 11.6 Å². The summed E-state index contributed by atoms with van der Waals surface area (Å²) < 4.78 is 59.1. The van der Waals surface area contributed by atoms with Gasteiger partial charge in [0.25, 0.3) is 5.08 Å². The number of carbonyl (C=O) groups excluding carboxylic acids is 1. The van der Waals surface area contributed by atoms with Crippen LogP contribution in [0.4, 0.5) is 9.18 Å². The van der Waals surface area contributed by atoms with Crippen molar-refractivity contribution in [2.75, 3.05) is 0 Å². The minimum absolute atomic E-state index is 0.159. The van der Waals surface area contributed by atoms with Crippen LogP contribution in [-0.4, -0.2) is 37.2 Å². The Balaban J connectivity index is 1.95. The molecule has 2 heterocycles. The maximum absolute atomic E-state index is 13.7. The molecule has 0 radical (unpaired) electrons. The number of halogens is 1. The molecule has 1 aliphatic rings. The number of aromatic nitrogens is 1. The van der Waals surface area contributed by atoms with Gasteiger partial charge >= 0.3 is 21.3 Å². The van der Waals surface area contributed by atoms with Crippen molar-refractivity contribution in [2.45, 2.75) is 37.7 Å². The van der Waals surface area contributed by atoms with Crippen LogP contribution in [0.2, 0.25) is 0 Å². The van der Waals surface area contributed by atoms with E-state index in [2.05, 4.69) is 4.98 Å². The normalized spacial score (nSPS) is 30.2. The van der Waals surface area contributed by atoms with Gasteiger partial charge in [0.05, 0.1) is 11.7 Å². The van der Waals surface area contributed by atoms with Gasteiger partial charge in [0.2, 0.25) is 6.29 Å². The minimum Gasteiger partial charge on any atom is -0.431 e. The summed E-state index contributed by atoms with van der Waals surface area (Å²) >= 11 is 0. The number of aliphatic hydroxyl groups is 1. The molecule has 1 saturated heterocycles. The van der Waals surface area contributed by atoms with E-state index in [1.54, 1.807) is 0 Å². The number of hydrogen-bond acceptors (Lipinski definition) is 9. The molecule has 0 saturated carbocycles. The lowest BCUT2D eigenvalue weighted by Crippen LogP contribution is -2.38. The summed E-state index contributed by atoms with van der Waals surface area (Å²) in [4.78, 5) is 36.4. The number of rotatable bonds is 5. The van der Waals surface area contributed by atoms with E-state index in [1.807, 2.05) is 0 Å². The summed E-state index contributed by atoms with van der Waals surface area (Å²) in [5, 5.41) is 7.52. The van der Waals surface area contributed by atoms with Gasteiger partial charge in [0, 0.05) is 24.9 Å². The van der Waals surface area contributed by atoms with Gasteiger partial charge in [-0.15, -0.1) is 0 Å². The average molecular weight is 491 g/mol. The summed E-state index contributed by atoms with van der Waals surface area (Å²) in [7, 11) is -10.6. The summed E-state index contributed by atoms with van der Waals surface area (Å²) in [5.74, 6) is -1.40. The second kappa shape index (κ2) is 8.99. The van der Waals surface area contributed by atoms with Gasteiger partial charge in [0.15, 0.2) is 0 Å². The molecule has 1 aromatic carbocycles. The molecule has 0 bridgehead atoms. The predicted octanol–water partition coefficient (Wildman–Crippen LogP) is 3.45. The zero-order chi connectivity index (χ0) is 23.7. The number of benzene rings is 1. The molecule has 0 amide bonds. The van der Waals surface area contributed by atoms with Crippen molar-refractivity contribution in [1.82, 2.24) is 4.98 Å². The summed E-state index contributed by atoms with van der Waals surface area (Å²) in [6.45, 7) is 3.07. The van der Waals surface area contributed by atoms with Gasteiger partial charge in [-0.25, -0.2) is 9.18 Å². The third-order valence-corrected chi connectivity index (χ3v) is 8.90. The average Bonchev–Trinajstić information content (AvgIpc) is 2.66. The Hall–Kier alpha value is -2.17. The number of carbonyl (C=O) groups is 1. The Morgan fingerprint density at radius 2 is 1.91 bits per heavy atom. The highest BCUT2D eigenvalue weighted by molar-refractivity contribution is 7.73. The molecule has 32 heavy (non-hydrogen) atoms. The van der Waals surface area contributed by atoms with Crippen molar-refractivity contribution in [3.05, 3.63) is 59.7 Å². The van der Waals surface area contributed by atoms with Crippen LogP contribution in [0.5, 0.6) is 5.75 Å². The van der Waals surface area contributed by atoms with E-state index in [-0.39, 0.29) is 11.1 Å². The number of pyridine rings is 1. The minimum atomic E-state index is -5.28. The van der Waals surface area contributed by atoms with Gasteiger partial charge in [-0.2, -0.15) is 0 Å². The fraction of sp³-hybridized carbons (Fsp3) is 0.333. The highest BCUT2D eigenvalue weighted by Gasteiger charge is 2.67. The number of nitrogens with zero attached hydrogens (tertiary/aromatic N) is 1. The molecule has 1 aliphatic heterocycles. The van der Waals surface area contributed by atoms with Crippen LogP contribution in [0.25, 0.3) is 0 Å². The van der Waals surface area contributed by atoms with Crippen LogP contribution < -0.4 is 4.74 Å². The van der Waals surface area contributed by atoms with Crippen LogP contribution in [0.3, 0.4) is 0 Å². The molecule has 174 valence electrons. The van der Waals surface area contributed by atoms with E-state index in [9.17, 15) is 33.2 Å². The summed E-state index contributed by atoms with van der Waals surface area (Å²) in [6.07, 6.45) is -2.03. The summed E-state index contributed by atoms with van der Waals surface area (Å²) in [5.41, 5.74) is -0.203. The second-order valence-corrected chi connectivity index (χ2v) is 11.4. The molecule has 3 rings (SSSR count). The van der Waals surface area contributed by atoms with E-state index in [1.165, 1.54) is 38.4 Å². The van der Waals surface area contributed by atoms with Crippen LogP contribution in [0.15, 0.2) is 42.7 Å². The van der Waals surface area contributed by atoms with Crippen molar-refractivity contribution in [3.8, 4) is 5.75 Å². The van der Waals surface area contributed by atoms with Crippen molar-refractivity contribution in [2.24, 2.45) is 0 Å². The Labute approximate surface area is 181 Å². The fourth-order valence-corrected chi connectivity index (χ4v) is 6.36.